The van der Waals surface area contributed by atoms with Gasteiger partial charge in [0, 0.05) is 35.3 Å². The number of benzene rings is 3. The Balaban J connectivity index is 1.39. The van der Waals surface area contributed by atoms with Gasteiger partial charge >= 0.3 is 12.2 Å². The third-order valence-corrected chi connectivity index (χ3v) is 6.80. The minimum atomic E-state index is -1.12. The molecule has 0 aliphatic rings. The number of carbonyl (C=O) groups excluding carboxylic acids is 2. The standard InChI is InChI=1S/C31H32N4O6S/c1-31(2,3)41-29(37)34-28-33-22(19-42-28)17-18-35(30(38)39)23-13-11-21(12-14-23)32-27(36)26-8-6-5-7-25(26)20-9-15-24(40-4)16-10-20/h5-16,19H,17-18H2,1-4H3,(H,32,36)(H,38,39)(H,33,34,37). The Hall–Kier alpha value is -4.90. The zero-order chi connectivity index (χ0) is 30.3. The summed E-state index contributed by atoms with van der Waals surface area (Å²) in [4.78, 5) is 42.7. The monoisotopic (exact) mass is 588 g/mol. The van der Waals surface area contributed by atoms with Crippen LogP contribution in [0.4, 0.5) is 26.1 Å². The van der Waals surface area contributed by atoms with Crippen molar-refractivity contribution in [3.63, 3.8) is 0 Å². The lowest BCUT2D eigenvalue weighted by atomic mass is 9.99. The van der Waals surface area contributed by atoms with E-state index >= 15 is 0 Å². The van der Waals surface area contributed by atoms with Crippen molar-refractivity contribution in [2.45, 2.75) is 32.8 Å². The van der Waals surface area contributed by atoms with E-state index in [9.17, 15) is 19.5 Å². The van der Waals surface area contributed by atoms with E-state index < -0.39 is 17.8 Å². The number of hydrogen-bond donors (Lipinski definition) is 3. The number of aromatic nitrogens is 1. The topological polar surface area (TPSA) is 130 Å². The number of carbonyl (C=O) groups is 3. The summed E-state index contributed by atoms with van der Waals surface area (Å²) < 4.78 is 10.5. The van der Waals surface area contributed by atoms with E-state index in [2.05, 4.69) is 15.6 Å². The molecule has 0 aliphatic carbocycles. The predicted molar refractivity (Wildman–Crippen MR) is 164 cm³/mol. The van der Waals surface area contributed by atoms with Crippen molar-refractivity contribution in [3.8, 4) is 16.9 Å². The van der Waals surface area contributed by atoms with Gasteiger partial charge in [0.05, 0.1) is 12.8 Å². The fraction of sp³-hybridized carbons (Fsp3) is 0.226. The Morgan fingerprint density at radius 2 is 1.64 bits per heavy atom. The molecule has 218 valence electrons. The number of rotatable bonds is 9. The van der Waals surface area contributed by atoms with Gasteiger partial charge in [0.2, 0.25) is 0 Å². The molecule has 11 heteroatoms. The highest BCUT2D eigenvalue weighted by molar-refractivity contribution is 7.13. The van der Waals surface area contributed by atoms with Crippen molar-refractivity contribution in [2.75, 3.05) is 29.2 Å². The quantitative estimate of drug-likeness (QED) is 0.189. The first kappa shape index (κ1) is 30.1. The van der Waals surface area contributed by atoms with Gasteiger partial charge < -0.3 is 19.9 Å². The third-order valence-electron chi connectivity index (χ3n) is 5.99. The summed E-state index contributed by atoms with van der Waals surface area (Å²) in [6.07, 6.45) is -1.39. The van der Waals surface area contributed by atoms with Crippen molar-refractivity contribution < 1.29 is 29.0 Å². The molecule has 0 saturated heterocycles. The first-order chi connectivity index (χ1) is 20.0. The highest BCUT2D eigenvalue weighted by Gasteiger charge is 2.19. The summed E-state index contributed by atoms with van der Waals surface area (Å²) in [6.45, 7) is 5.45. The molecular weight excluding hydrogens is 556 g/mol. The van der Waals surface area contributed by atoms with Gasteiger partial charge in [0.1, 0.15) is 11.4 Å². The van der Waals surface area contributed by atoms with Crippen LogP contribution >= 0.6 is 11.3 Å². The maximum absolute atomic E-state index is 13.2. The van der Waals surface area contributed by atoms with Crippen LogP contribution < -0.4 is 20.3 Å². The fourth-order valence-corrected chi connectivity index (χ4v) is 4.79. The zero-order valence-electron chi connectivity index (χ0n) is 23.7. The second-order valence-electron chi connectivity index (χ2n) is 10.2. The lowest BCUT2D eigenvalue weighted by molar-refractivity contribution is 0.0635. The molecule has 0 saturated carbocycles. The normalized spacial score (nSPS) is 11.0. The first-order valence-corrected chi connectivity index (χ1v) is 14.0. The number of carboxylic acid groups (broad SMARTS) is 1. The molecule has 4 aromatic rings. The van der Waals surface area contributed by atoms with Crippen LogP contribution in [0.5, 0.6) is 5.75 Å². The fourth-order valence-electron chi connectivity index (χ4n) is 4.06. The van der Waals surface area contributed by atoms with Gasteiger partial charge in [-0.3, -0.25) is 15.0 Å². The van der Waals surface area contributed by atoms with Gasteiger partial charge in [-0.25, -0.2) is 14.6 Å². The lowest BCUT2D eigenvalue weighted by Gasteiger charge is -2.19. The lowest BCUT2D eigenvalue weighted by Crippen LogP contribution is -2.31. The number of methoxy groups -OCH3 is 1. The molecule has 0 aliphatic heterocycles. The number of anilines is 3. The molecule has 0 radical (unpaired) electrons. The second-order valence-corrected chi connectivity index (χ2v) is 11.1. The van der Waals surface area contributed by atoms with Crippen LogP contribution in [0.2, 0.25) is 0 Å². The van der Waals surface area contributed by atoms with Crippen molar-refractivity contribution in [1.82, 2.24) is 4.98 Å². The number of amides is 3. The molecular formula is C31H32N4O6S. The molecule has 0 fully saturated rings. The van der Waals surface area contributed by atoms with Crippen LogP contribution in [-0.2, 0) is 11.2 Å². The Morgan fingerprint density at radius 1 is 0.952 bits per heavy atom. The summed E-state index contributed by atoms with van der Waals surface area (Å²) in [5.74, 6) is 0.436. The number of thiazole rings is 1. The smallest absolute Gasteiger partial charge is 0.413 e. The van der Waals surface area contributed by atoms with Crippen LogP contribution in [0.15, 0.2) is 78.2 Å². The molecule has 10 nitrogen and oxygen atoms in total. The van der Waals surface area contributed by atoms with E-state index in [-0.39, 0.29) is 12.5 Å². The molecule has 3 N–H and O–H groups in total. The van der Waals surface area contributed by atoms with E-state index in [1.54, 1.807) is 69.7 Å². The molecule has 1 heterocycles. The van der Waals surface area contributed by atoms with Gasteiger partial charge in [-0.1, -0.05) is 30.3 Å². The highest BCUT2D eigenvalue weighted by atomic mass is 32.1. The van der Waals surface area contributed by atoms with Gasteiger partial charge in [0.25, 0.3) is 5.91 Å². The summed E-state index contributed by atoms with van der Waals surface area (Å²) >= 11 is 1.23. The van der Waals surface area contributed by atoms with Crippen LogP contribution in [-0.4, -0.2) is 47.4 Å². The maximum Gasteiger partial charge on any atom is 0.413 e. The average Bonchev–Trinajstić information content (AvgIpc) is 3.39. The summed E-state index contributed by atoms with van der Waals surface area (Å²) in [7, 11) is 1.60. The van der Waals surface area contributed by atoms with E-state index in [1.807, 2.05) is 36.4 Å². The molecule has 1 aromatic heterocycles. The zero-order valence-corrected chi connectivity index (χ0v) is 24.5. The number of nitrogens with one attached hydrogen (secondary N) is 2. The van der Waals surface area contributed by atoms with E-state index in [1.165, 1.54) is 16.2 Å². The summed E-state index contributed by atoms with van der Waals surface area (Å²) in [5, 5.41) is 17.4. The van der Waals surface area contributed by atoms with Crippen molar-refractivity contribution in [1.29, 1.82) is 0 Å². The molecule has 0 spiro atoms. The Bertz CT molecular complexity index is 1540. The Labute approximate surface area is 247 Å². The van der Waals surface area contributed by atoms with Gasteiger partial charge in [-0.05, 0) is 74.4 Å². The van der Waals surface area contributed by atoms with Crippen molar-refractivity contribution >= 4 is 45.9 Å². The van der Waals surface area contributed by atoms with Gasteiger partial charge in [0.15, 0.2) is 5.13 Å². The molecule has 0 bridgehead atoms. The van der Waals surface area contributed by atoms with E-state index in [4.69, 9.17) is 9.47 Å². The predicted octanol–water partition coefficient (Wildman–Crippen LogP) is 7.15. The first-order valence-electron chi connectivity index (χ1n) is 13.1. The number of hydrogen-bond acceptors (Lipinski definition) is 7. The minimum Gasteiger partial charge on any atom is -0.497 e. The Morgan fingerprint density at radius 3 is 2.29 bits per heavy atom. The van der Waals surface area contributed by atoms with E-state index in [0.29, 0.717) is 34.2 Å². The molecule has 0 unspecified atom stereocenters. The van der Waals surface area contributed by atoms with Crippen LogP contribution in [0.1, 0.15) is 36.8 Å². The third kappa shape index (κ3) is 8.07. The molecule has 0 atom stereocenters. The second kappa shape index (κ2) is 13.2. The Kier molecular flexibility index (Phi) is 9.43. The highest BCUT2D eigenvalue weighted by Crippen LogP contribution is 2.27. The van der Waals surface area contributed by atoms with Crippen molar-refractivity contribution in [2.24, 2.45) is 0 Å². The van der Waals surface area contributed by atoms with Crippen LogP contribution in [0, 0.1) is 0 Å². The minimum absolute atomic E-state index is 0.145. The molecule has 42 heavy (non-hydrogen) atoms. The van der Waals surface area contributed by atoms with Crippen molar-refractivity contribution in [3.05, 3.63) is 89.4 Å². The van der Waals surface area contributed by atoms with Crippen LogP contribution in [0.3, 0.4) is 0 Å². The molecule has 3 amide bonds. The molecule has 4 rings (SSSR count). The van der Waals surface area contributed by atoms with Gasteiger partial charge in [-0.15, -0.1) is 11.3 Å². The largest absolute Gasteiger partial charge is 0.497 e. The number of nitrogens with zero attached hydrogens (tertiary/aromatic N) is 2. The maximum atomic E-state index is 13.2. The SMILES string of the molecule is COc1ccc(-c2ccccc2C(=O)Nc2ccc(N(CCc3csc(NC(=O)OC(C)(C)C)n3)C(=O)O)cc2)cc1. The summed E-state index contributed by atoms with van der Waals surface area (Å²) in [6, 6.07) is 21.3. The van der Waals surface area contributed by atoms with E-state index in [0.717, 1.165) is 16.9 Å². The average molecular weight is 589 g/mol. The van der Waals surface area contributed by atoms with Crippen LogP contribution in [0.25, 0.3) is 11.1 Å². The van der Waals surface area contributed by atoms with Gasteiger partial charge in [-0.2, -0.15) is 0 Å². The summed E-state index contributed by atoms with van der Waals surface area (Å²) in [5.41, 5.74) is 3.13. The number of ether oxygens (including phenoxy) is 2. The molecule has 3 aromatic carbocycles.